The van der Waals surface area contributed by atoms with E-state index in [-0.39, 0.29) is 18.9 Å². The van der Waals surface area contributed by atoms with E-state index in [1.165, 1.54) is 0 Å². The Labute approximate surface area is 93.1 Å². The van der Waals surface area contributed by atoms with Gasteiger partial charge >= 0.3 is 0 Å². The predicted molar refractivity (Wildman–Crippen MR) is 57.9 cm³/mol. The summed E-state index contributed by atoms with van der Waals surface area (Å²) in [7, 11) is 0. The first-order valence-electron chi connectivity index (χ1n) is 4.61. The molecule has 1 aromatic rings. The Hall–Kier alpha value is -0.810. The third kappa shape index (κ3) is 3.68. The molecule has 0 aliphatic carbocycles. The van der Waals surface area contributed by atoms with Gasteiger partial charge in [-0.15, -0.1) is 0 Å². The van der Waals surface area contributed by atoms with Crippen molar-refractivity contribution < 1.29 is 15.3 Å². The predicted octanol–water partition coefficient (Wildman–Crippen LogP) is 0.488. The van der Waals surface area contributed by atoms with E-state index in [1.54, 1.807) is 18.2 Å². The number of aromatic hydroxyl groups is 1. The fraction of sp³-hybridized carbons (Fsp3) is 0.400. The second-order valence-electron chi connectivity index (χ2n) is 3.20. The molecular formula is C10H14ClNO3. The zero-order valence-electron chi connectivity index (χ0n) is 8.15. The van der Waals surface area contributed by atoms with Crippen molar-refractivity contribution in [2.45, 2.75) is 12.6 Å². The van der Waals surface area contributed by atoms with E-state index in [0.29, 0.717) is 17.1 Å². The van der Waals surface area contributed by atoms with Crippen LogP contribution in [0.15, 0.2) is 18.2 Å². The van der Waals surface area contributed by atoms with E-state index >= 15 is 0 Å². The smallest absolute Gasteiger partial charge is 0.121 e. The molecular weight excluding hydrogens is 218 g/mol. The highest BCUT2D eigenvalue weighted by atomic mass is 35.5. The Balaban J connectivity index is 2.50. The Morgan fingerprint density at radius 3 is 2.73 bits per heavy atom. The van der Waals surface area contributed by atoms with Crippen LogP contribution in [-0.2, 0) is 6.54 Å². The number of hydrogen-bond donors (Lipinski definition) is 4. The van der Waals surface area contributed by atoms with E-state index in [4.69, 9.17) is 21.8 Å². The lowest BCUT2D eigenvalue weighted by molar-refractivity contribution is 0.0942. The monoisotopic (exact) mass is 231 g/mol. The lowest BCUT2D eigenvalue weighted by Crippen LogP contribution is -2.29. The summed E-state index contributed by atoms with van der Waals surface area (Å²) in [5.41, 5.74) is 0.587. The molecule has 4 N–H and O–H groups in total. The van der Waals surface area contributed by atoms with Crippen LogP contribution < -0.4 is 5.32 Å². The molecule has 0 amide bonds. The van der Waals surface area contributed by atoms with Crippen LogP contribution in [0.5, 0.6) is 5.75 Å². The average Bonchev–Trinajstić information content (AvgIpc) is 2.22. The Bertz CT molecular complexity index is 299. The fourth-order valence-electron chi connectivity index (χ4n) is 1.15. The molecule has 0 fully saturated rings. The van der Waals surface area contributed by atoms with E-state index < -0.39 is 6.10 Å². The van der Waals surface area contributed by atoms with Crippen LogP contribution in [0.3, 0.4) is 0 Å². The highest BCUT2D eigenvalue weighted by molar-refractivity contribution is 6.31. The van der Waals surface area contributed by atoms with Crippen LogP contribution in [0.1, 0.15) is 5.56 Å². The minimum Gasteiger partial charge on any atom is -0.508 e. The Kier molecular flexibility index (Phi) is 4.84. The van der Waals surface area contributed by atoms with Crippen molar-refractivity contribution in [3.63, 3.8) is 0 Å². The summed E-state index contributed by atoms with van der Waals surface area (Å²) in [6.07, 6.45) is -0.797. The van der Waals surface area contributed by atoms with Gasteiger partial charge < -0.3 is 20.6 Å². The number of hydrogen-bond acceptors (Lipinski definition) is 4. The molecule has 15 heavy (non-hydrogen) atoms. The number of benzene rings is 1. The lowest BCUT2D eigenvalue weighted by Gasteiger charge is -2.10. The Morgan fingerprint density at radius 2 is 2.13 bits per heavy atom. The zero-order valence-corrected chi connectivity index (χ0v) is 8.91. The number of nitrogens with one attached hydrogen (secondary N) is 1. The molecule has 0 saturated carbocycles. The molecule has 0 aromatic heterocycles. The summed E-state index contributed by atoms with van der Waals surface area (Å²) in [5, 5.41) is 30.5. The van der Waals surface area contributed by atoms with Gasteiger partial charge in [0.1, 0.15) is 5.75 Å². The summed E-state index contributed by atoms with van der Waals surface area (Å²) in [5.74, 6) is 0.119. The maximum atomic E-state index is 9.48. The molecule has 4 nitrogen and oxygen atoms in total. The summed E-state index contributed by atoms with van der Waals surface area (Å²) in [6, 6.07) is 4.88. The van der Waals surface area contributed by atoms with Crippen molar-refractivity contribution in [3.8, 4) is 5.75 Å². The quantitative estimate of drug-likeness (QED) is 0.595. The number of rotatable bonds is 5. The van der Waals surface area contributed by atoms with Crippen LogP contribution in [-0.4, -0.2) is 34.6 Å². The molecule has 1 atom stereocenters. The van der Waals surface area contributed by atoms with Crippen molar-refractivity contribution in [2.75, 3.05) is 13.2 Å². The van der Waals surface area contributed by atoms with Gasteiger partial charge in [-0.2, -0.15) is 0 Å². The molecule has 0 saturated heterocycles. The first-order chi connectivity index (χ1) is 7.15. The number of phenolic OH excluding ortho intramolecular Hbond substituents is 1. The summed E-state index contributed by atoms with van der Waals surface area (Å²) < 4.78 is 0. The van der Waals surface area contributed by atoms with Crippen molar-refractivity contribution in [3.05, 3.63) is 28.8 Å². The van der Waals surface area contributed by atoms with Gasteiger partial charge in [-0.1, -0.05) is 17.7 Å². The summed E-state index contributed by atoms with van der Waals surface area (Å²) in [4.78, 5) is 0. The maximum Gasteiger partial charge on any atom is 0.121 e. The third-order valence-corrected chi connectivity index (χ3v) is 2.34. The summed E-state index contributed by atoms with van der Waals surface area (Å²) >= 11 is 5.87. The minimum atomic E-state index is -0.797. The van der Waals surface area contributed by atoms with Crippen LogP contribution in [0.2, 0.25) is 5.02 Å². The minimum absolute atomic E-state index is 0.119. The fourth-order valence-corrected chi connectivity index (χ4v) is 1.39. The van der Waals surface area contributed by atoms with Crippen molar-refractivity contribution in [1.82, 2.24) is 5.32 Å². The van der Waals surface area contributed by atoms with Crippen molar-refractivity contribution in [2.24, 2.45) is 0 Å². The molecule has 0 aliphatic heterocycles. The van der Waals surface area contributed by atoms with Gasteiger partial charge in [-0.3, -0.25) is 0 Å². The number of halogens is 1. The van der Waals surface area contributed by atoms with Gasteiger partial charge in [0.15, 0.2) is 0 Å². The standard InChI is InChI=1S/C10H14ClNO3/c11-9-2-1-3-10(15)8(9)5-12-4-7(14)6-13/h1-3,7,12-15H,4-6H2. The Morgan fingerprint density at radius 1 is 1.40 bits per heavy atom. The van der Waals surface area contributed by atoms with Crippen LogP contribution in [0, 0.1) is 0 Å². The topological polar surface area (TPSA) is 72.7 Å². The van der Waals surface area contributed by atoms with Crippen molar-refractivity contribution in [1.29, 1.82) is 0 Å². The van der Waals surface area contributed by atoms with Crippen molar-refractivity contribution >= 4 is 11.6 Å². The largest absolute Gasteiger partial charge is 0.508 e. The van der Waals surface area contributed by atoms with E-state index in [9.17, 15) is 5.11 Å². The lowest BCUT2D eigenvalue weighted by atomic mass is 10.2. The molecule has 0 spiro atoms. The van der Waals surface area contributed by atoms with Gasteiger partial charge in [-0.05, 0) is 12.1 Å². The molecule has 0 radical (unpaired) electrons. The van der Waals surface area contributed by atoms with Gasteiger partial charge in [0, 0.05) is 23.7 Å². The summed E-state index contributed by atoms with van der Waals surface area (Å²) in [6.45, 7) is 0.311. The second-order valence-corrected chi connectivity index (χ2v) is 3.61. The van der Waals surface area contributed by atoms with E-state index in [2.05, 4.69) is 5.32 Å². The van der Waals surface area contributed by atoms with E-state index in [0.717, 1.165) is 0 Å². The zero-order chi connectivity index (χ0) is 11.3. The molecule has 0 bridgehead atoms. The molecule has 1 aromatic carbocycles. The number of aliphatic hydroxyl groups is 2. The van der Waals surface area contributed by atoms with Gasteiger partial charge in [0.05, 0.1) is 12.7 Å². The first-order valence-corrected chi connectivity index (χ1v) is 4.99. The van der Waals surface area contributed by atoms with Crippen LogP contribution in [0.25, 0.3) is 0 Å². The maximum absolute atomic E-state index is 9.48. The molecule has 5 heteroatoms. The second kappa shape index (κ2) is 5.92. The highest BCUT2D eigenvalue weighted by Gasteiger charge is 2.06. The SMILES string of the molecule is OCC(O)CNCc1c(O)cccc1Cl. The van der Waals surface area contributed by atoms with E-state index in [1.807, 2.05) is 0 Å². The van der Waals surface area contributed by atoms with Gasteiger partial charge in [-0.25, -0.2) is 0 Å². The van der Waals surface area contributed by atoms with Gasteiger partial charge in [0.2, 0.25) is 0 Å². The number of aliphatic hydroxyl groups excluding tert-OH is 2. The molecule has 1 rings (SSSR count). The van der Waals surface area contributed by atoms with Crippen LogP contribution in [0.4, 0.5) is 0 Å². The molecule has 0 aliphatic rings. The molecule has 84 valence electrons. The molecule has 1 unspecified atom stereocenters. The average molecular weight is 232 g/mol. The highest BCUT2D eigenvalue weighted by Crippen LogP contribution is 2.24. The normalized spacial score (nSPS) is 12.7. The third-order valence-electron chi connectivity index (χ3n) is 1.99. The van der Waals surface area contributed by atoms with Crippen LogP contribution >= 0.6 is 11.6 Å². The van der Waals surface area contributed by atoms with Gasteiger partial charge in [0.25, 0.3) is 0 Å². The first kappa shape index (κ1) is 12.3. The number of phenols is 1. The molecule has 0 heterocycles.